The van der Waals surface area contributed by atoms with Crippen LogP contribution in [-0.2, 0) is 17.9 Å². The number of hydrogen-bond acceptors (Lipinski definition) is 6. The van der Waals surface area contributed by atoms with Crippen molar-refractivity contribution in [2.24, 2.45) is 0 Å². The summed E-state index contributed by atoms with van der Waals surface area (Å²) in [4.78, 5) is 16.2. The summed E-state index contributed by atoms with van der Waals surface area (Å²) in [5.74, 6) is -0.608. The SMILES string of the molecule is CCn1cc(CN2CCCC(c3nc4ccc(-c5cccc(OC)c5)cn4n3)C2)cn1.O=C(O)C(F)(F)F. The highest BCUT2D eigenvalue weighted by atomic mass is 19.4. The average Bonchev–Trinajstić information content (AvgIpc) is 3.55. The fraction of sp³-hybridized carbons (Fsp3) is 0.385. The first kappa shape index (κ1) is 27.1. The highest BCUT2D eigenvalue weighted by molar-refractivity contribution is 5.73. The van der Waals surface area contributed by atoms with Gasteiger partial charge in [0, 0.05) is 49.1 Å². The molecule has 1 aliphatic rings. The second-order valence-corrected chi connectivity index (χ2v) is 9.00. The summed E-state index contributed by atoms with van der Waals surface area (Å²) in [6, 6.07) is 12.2. The number of nitrogens with zero attached hydrogens (tertiary/aromatic N) is 6. The minimum atomic E-state index is -5.08. The van der Waals surface area contributed by atoms with Crippen LogP contribution in [0.3, 0.4) is 0 Å². The minimum Gasteiger partial charge on any atom is -0.497 e. The van der Waals surface area contributed by atoms with Crippen LogP contribution in [0, 0.1) is 0 Å². The van der Waals surface area contributed by atoms with Crippen molar-refractivity contribution in [3.63, 3.8) is 0 Å². The van der Waals surface area contributed by atoms with Crippen molar-refractivity contribution >= 4 is 11.6 Å². The number of pyridine rings is 1. The Morgan fingerprint density at radius 3 is 2.66 bits per heavy atom. The number of carboxylic acids is 1. The van der Waals surface area contributed by atoms with Gasteiger partial charge in [0.1, 0.15) is 5.75 Å². The van der Waals surface area contributed by atoms with E-state index in [2.05, 4.69) is 41.4 Å². The number of aromatic nitrogens is 5. The molecular weight excluding hydrogens is 501 g/mol. The van der Waals surface area contributed by atoms with E-state index in [1.165, 1.54) is 5.56 Å². The Hall–Kier alpha value is -3.93. The summed E-state index contributed by atoms with van der Waals surface area (Å²) in [6.07, 6.45) is 3.39. The van der Waals surface area contributed by atoms with Crippen LogP contribution in [-0.4, -0.2) is 66.7 Å². The third kappa shape index (κ3) is 6.68. The van der Waals surface area contributed by atoms with E-state index >= 15 is 0 Å². The minimum absolute atomic E-state index is 0.357. The molecule has 0 saturated carbocycles. The molecule has 3 aromatic heterocycles. The molecule has 4 aromatic rings. The van der Waals surface area contributed by atoms with Gasteiger partial charge in [-0.25, -0.2) is 14.3 Å². The van der Waals surface area contributed by atoms with Gasteiger partial charge in [0.25, 0.3) is 0 Å². The van der Waals surface area contributed by atoms with E-state index in [1.807, 2.05) is 39.7 Å². The number of rotatable bonds is 6. The van der Waals surface area contributed by atoms with Gasteiger partial charge in [-0.05, 0) is 56.1 Å². The molecule has 5 rings (SSSR count). The molecule has 1 saturated heterocycles. The first-order valence-electron chi connectivity index (χ1n) is 12.2. The normalized spacial score (nSPS) is 16.2. The maximum absolute atomic E-state index is 10.6. The summed E-state index contributed by atoms with van der Waals surface area (Å²) in [6.45, 7) is 6.05. The van der Waals surface area contributed by atoms with Crippen LogP contribution in [0.25, 0.3) is 16.8 Å². The Morgan fingerprint density at radius 2 is 1.97 bits per heavy atom. The number of aliphatic carboxylic acids is 1. The Balaban J connectivity index is 0.000000426. The molecule has 202 valence electrons. The number of benzene rings is 1. The molecule has 1 unspecified atom stereocenters. The zero-order chi connectivity index (χ0) is 27.3. The largest absolute Gasteiger partial charge is 0.497 e. The van der Waals surface area contributed by atoms with Gasteiger partial charge in [0.05, 0.1) is 13.3 Å². The average molecular weight is 531 g/mol. The van der Waals surface area contributed by atoms with Crippen LogP contribution in [0.5, 0.6) is 5.75 Å². The fourth-order valence-corrected chi connectivity index (χ4v) is 4.38. The highest BCUT2D eigenvalue weighted by Gasteiger charge is 2.38. The number of methoxy groups -OCH3 is 1. The first-order valence-corrected chi connectivity index (χ1v) is 12.2. The van der Waals surface area contributed by atoms with E-state index in [-0.39, 0.29) is 0 Å². The smallest absolute Gasteiger partial charge is 0.490 e. The van der Waals surface area contributed by atoms with Crippen LogP contribution < -0.4 is 4.74 Å². The third-order valence-corrected chi connectivity index (χ3v) is 6.28. The van der Waals surface area contributed by atoms with E-state index in [1.54, 1.807) is 7.11 Å². The molecule has 0 amide bonds. The molecule has 0 aliphatic carbocycles. The molecule has 1 atom stereocenters. The molecule has 0 spiro atoms. The molecule has 4 heterocycles. The van der Waals surface area contributed by atoms with Gasteiger partial charge in [-0.2, -0.15) is 23.4 Å². The molecule has 1 aromatic carbocycles. The Labute approximate surface area is 217 Å². The van der Waals surface area contributed by atoms with Gasteiger partial charge in [0.15, 0.2) is 11.5 Å². The van der Waals surface area contributed by atoms with Gasteiger partial charge in [-0.15, -0.1) is 0 Å². The number of carboxylic acid groups (broad SMARTS) is 1. The van der Waals surface area contributed by atoms with Crippen LogP contribution in [0.4, 0.5) is 13.2 Å². The summed E-state index contributed by atoms with van der Waals surface area (Å²) in [5, 5.41) is 16.4. The summed E-state index contributed by atoms with van der Waals surface area (Å²) in [7, 11) is 1.69. The van der Waals surface area contributed by atoms with E-state index in [0.717, 1.165) is 67.4 Å². The van der Waals surface area contributed by atoms with Crippen molar-refractivity contribution in [3.8, 4) is 16.9 Å². The number of carbonyl (C=O) groups is 1. The molecule has 0 radical (unpaired) electrons. The van der Waals surface area contributed by atoms with E-state index < -0.39 is 12.1 Å². The van der Waals surface area contributed by atoms with Crippen molar-refractivity contribution in [1.82, 2.24) is 29.3 Å². The van der Waals surface area contributed by atoms with Gasteiger partial charge < -0.3 is 9.84 Å². The molecule has 12 heteroatoms. The third-order valence-electron chi connectivity index (χ3n) is 6.28. The van der Waals surface area contributed by atoms with Crippen molar-refractivity contribution in [3.05, 3.63) is 66.4 Å². The fourth-order valence-electron chi connectivity index (χ4n) is 4.38. The number of likely N-dealkylation sites (tertiary alicyclic amines) is 1. The van der Waals surface area contributed by atoms with Gasteiger partial charge in [-0.1, -0.05) is 12.1 Å². The van der Waals surface area contributed by atoms with Crippen LogP contribution in [0.1, 0.15) is 37.1 Å². The number of hydrogen-bond donors (Lipinski definition) is 1. The van der Waals surface area contributed by atoms with Crippen molar-refractivity contribution < 1.29 is 27.8 Å². The number of halogens is 3. The molecule has 38 heavy (non-hydrogen) atoms. The molecule has 1 aliphatic heterocycles. The van der Waals surface area contributed by atoms with Crippen LogP contribution in [0.15, 0.2) is 55.0 Å². The number of ether oxygens (including phenoxy) is 1. The van der Waals surface area contributed by atoms with Gasteiger partial charge >= 0.3 is 12.1 Å². The monoisotopic (exact) mass is 530 g/mol. The second kappa shape index (κ2) is 11.6. The lowest BCUT2D eigenvalue weighted by atomic mass is 9.97. The Kier molecular flexibility index (Phi) is 8.30. The Bertz CT molecular complexity index is 1380. The zero-order valence-corrected chi connectivity index (χ0v) is 21.1. The second-order valence-electron chi connectivity index (χ2n) is 9.00. The molecule has 0 bridgehead atoms. The first-order chi connectivity index (χ1) is 18.2. The lowest BCUT2D eigenvalue weighted by Gasteiger charge is -2.30. The predicted octanol–water partition coefficient (Wildman–Crippen LogP) is 4.63. The topological polar surface area (TPSA) is 97.8 Å². The summed E-state index contributed by atoms with van der Waals surface area (Å²) in [5.41, 5.74) is 4.37. The Morgan fingerprint density at radius 1 is 1.18 bits per heavy atom. The highest BCUT2D eigenvalue weighted by Crippen LogP contribution is 2.28. The van der Waals surface area contributed by atoms with Crippen molar-refractivity contribution in [1.29, 1.82) is 0 Å². The molecule has 1 fully saturated rings. The van der Waals surface area contributed by atoms with E-state index in [4.69, 9.17) is 24.7 Å². The number of alkyl halides is 3. The van der Waals surface area contributed by atoms with Gasteiger partial charge in [-0.3, -0.25) is 9.58 Å². The quantitative estimate of drug-likeness (QED) is 0.388. The molecular formula is C26H29F3N6O3. The van der Waals surface area contributed by atoms with Crippen molar-refractivity contribution in [2.45, 2.75) is 44.9 Å². The number of fused-ring (bicyclic) bond motifs is 1. The summed E-state index contributed by atoms with van der Waals surface area (Å²) < 4.78 is 41.0. The van der Waals surface area contributed by atoms with E-state index in [9.17, 15) is 13.2 Å². The summed E-state index contributed by atoms with van der Waals surface area (Å²) >= 11 is 0. The van der Waals surface area contributed by atoms with Crippen LogP contribution >= 0.6 is 0 Å². The standard InChI is InChI=1S/C24H28N6O.C2HF3O2/c1-3-29-15-18(13-25-29)14-28-11-5-7-21(16-28)24-26-23-10-9-20(17-30(23)27-24)19-6-4-8-22(12-19)31-2;3-2(4,5)1(6)7/h4,6,8-10,12-13,15,17,21H,3,5,7,11,14,16H2,1-2H3;(H,6,7). The number of piperidine rings is 1. The lowest BCUT2D eigenvalue weighted by Crippen LogP contribution is -2.34. The molecule has 9 nitrogen and oxygen atoms in total. The maximum atomic E-state index is 10.6. The lowest BCUT2D eigenvalue weighted by molar-refractivity contribution is -0.192. The zero-order valence-electron chi connectivity index (χ0n) is 21.1. The predicted molar refractivity (Wildman–Crippen MR) is 134 cm³/mol. The molecule has 1 N–H and O–H groups in total. The van der Waals surface area contributed by atoms with Gasteiger partial charge in [0.2, 0.25) is 0 Å². The van der Waals surface area contributed by atoms with Crippen molar-refractivity contribution in [2.75, 3.05) is 20.2 Å². The van der Waals surface area contributed by atoms with Crippen LogP contribution in [0.2, 0.25) is 0 Å². The maximum Gasteiger partial charge on any atom is 0.490 e. The van der Waals surface area contributed by atoms with E-state index in [0.29, 0.717) is 5.92 Å². The number of aryl methyl sites for hydroxylation is 1.